The summed E-state index contributed by atoms with van der Waals surface area (Å²) in [6.45, 7) is 9.61. The van der Waals surface area contributed by atoms with Crippen molar-refractivity contribution in [1.29, 1.82) is 0 Å². The number of benzene rings is 2. The number of carbonyl (C=O) groups excluding carboxylic acids is 1. The fourth-order valence-corrected chi connectivity index (χ4v) is 3.92. The van der Waals surface area contributed by atoms with Crippen molar-refractivity contribution in [2.75, 3.05) is 11.4 Å². The maximum absolute atomic E-state index is 12.2. The number of nitrogens with zero attached hydrogens (tertiary/aromatic N) is 2. The Kier molecular flexibility index (Phi) is 5.99. The van der Waals surface area contributed by atoms with Crippen LogP contribution in [0.25, 0.3) is 5.57 Å². The molecule has 0 saturated carbocycles. The average molecular weight is 412 g/mol. The van der Waals surface area contributed by atoms with E-state index in [9.17, 15) is 9.90 Å². The number of hydrogen-bond donors (Lipinski definition) is 2. The number of amides is 1. The Morgan fingerprint density at radius 1 is 1.31 bits per heavy atom. The van der Waals surface area contributed by atoms with Gasteiger partial charge in [-0.2, -0.15) is 5.10 Å². The monoisotopic (exact) mass is 411 g/mol. The van der Waals surface area contributed by atoms with Crippen molar-refractivity contribution >= 4 is 35.0 Å². The lowest BCUT2D eigenvalue weighted by molar-refractivity contribution is 0.0954. The van der Waals surface area contributed by atoms with Crippen LogP contribution in [0.1, 0.15) is 55.6 Å². The summed E-state index contributed by atoms with van der Waals surface area (Å²) in [7, 11) is 0. The van der Waals surface area contributed by atoms with Crippen LogP contribution in [0.4, 0.5) is 5.69 Å². The van der Waals surface area contributed by atoms with Crippen molar-refractivity contribution in [3.05, 3.63) is 64.2 Å². The molecule has 0 aliphatic carbocycles. The van der Waals surface area contributed by atoms with E-state index < -0.39 is 5.91 Å². The lowest BCUT2D eigenvalue weighted by atomic mass is 9.88. The van der Waals surface area contributed by atoms with Gasteiger partial charge < -0.3 is 10.0 Å². The molecule has 1 heterocycles. The second-order valence-corrected chi connectivity index (χ2v) is 8.18. The van der Waals surface area contributed by atoms with Crippen molar-refractivity contribution in [3.63, 3.8) is 0 Å². The summed E-state index contributed by atoms with van der Waals surface area (Å²) < 4.78 is 0. The number of nitrogens with one attached hydrogen (secondary N) is 1. The Morgan fingerprint density at radius 2 is 2.07 bits per heavy atom. The molecule has 2 aromatic rings. The predicted octanol–water partition coefficient (Wildman–Crippen LogP) is 5.22. The first kappa shape index (κ1) is 20.9. The number of hydrazone groups is 1. The van der Waals surface area contributed by atoms with E-state index in [2.05, 4.69) is 49.2 Å². The van der Waals surface area contributed by atoms with Crippen molar-refractivity contribution in [3.8, 4) is 5.75 Å². The first-order chi connectivity index (χ1) is 13.7. The summed E-state index contributed by atoms with van der Waals surface area (Å²) >= 11 is 6.54. The smallest absolute Gasteiger partial charge is 0.271 e. The first-order valence-corrected chi connectivity index (χ1v) is 10.0. The number of phenolic OH excluding ortho intramolecular Hbond substituents is 1. The molecule has 0 spiro atoms. The van der Waals surface area contributed by atoms with Crippen LogP contribution < -0.4 is 10.3 Å². The van der Waals surface area contributed by atoms with Gasteiger partial charge in [-0.3, -0.25) is 4.79 Å². The summed E-state index contributed by atoms with van der Waals surface area (Å²) in [5.41, 5.74) is 6.86. The number of aromatic hydroxyl groups is 1. The topological polar surface area (TPSA) is 64.9 Å². The first-order valence-electron chi connectivity index (χ1n) is 9.66. The Labute approximate surface area is 176 Å². The molecule has 0 aromatic heterocycles. The van der Waals surface area contributed by atoms with Crippen molar-refractivity contribution in [1.82, 2.24) is 5.43 Å². The molecule has 1 amide bonds. The molecule has 29 heavy (non-hydrogen) atoms. The summed E-state index contributed by atoms with van der Waals surface area (Å²) in [6, 6.07) is 10.1. The van der Waals surface area contributed by atoms with Crippen LogP contribution in [0.3, 0.4) is 0 Å². The number of fused-ring (bicyclic) bond motifs is 1. The minimum Gasteiger partial charge on any atom is -0.508 e. The normalized spacial score (nSPS) is 15.2. The van der Waals surface area contributed by atoms with Gasteiger partial charge in [0.25, 0.3) is 5.91 Å². The van der Waals surface area contributed by atoms with Gasteiger partial charge in [-0.25, -0.2) is 5.43 Å². The zero-order valence-corrected chi connectivity index (χ0v) is 17.9. The van der Waals surface area contributed by atoms with E-state index >= 15 is 0 Å². The van der Waals surface area contributed by atoms with Gasteiger partial charge in [0.1, 0.15) is 5.75 Å². The van der Waals surface area contributed by atoms with Gasteiger partial charge in [0.05, 0.1) is 16.8 Å². The number of rotatable bonds is 5. The molecule has 3 rings (SSSR count). The van der Waals surface area contributed by atoms with E-state index in [0.717, 1.165) is 29.8 Å². The molecule has 1 aliphatic rings. The number of halogens is 1. The second-order valence-electron chi connectivity index (χ2n) is 7.77. The molecule has 1 aliphatic heterocycles. The fourth-order valence-electron chi connectivity index (χ4n) is 3.72. The predicted molar refractivity (Wildman–Crippen MR) is 120 cm³/mol. The van der Waals surface area contributed by atoms with E-state index in [1.54, 1.807) is 18.3 Å². The molecule has 152 valence electrons. The molecule has 0 radical (unpaired) electrons. The lowest BCUT2D eigenvalue weighted by Gasteiger charge is -2.43. The highest BCUT2D eigenvalue weighted by Crippen LogP contribution is 2.41. The number of carbonyl (C=O) groups is 1. The van der Waals surface area contributed by atoms with E-state index in [1.807, 2.05) is 12.1 Å². The summed E-state index contributed by atoms with van der Waals surface area (Å²) in [5.74, 6) is -0.376. The molecule has 2 N–H and O–H groups in total. The third kappa shape index (κ3) is 4.46. The van der Waals surface area contributed by atoms with Crippen molar-refractivity contribution in [2.45, 2.75) is 39.7 Å². The van der Waals surface area contributed by atoms with Crippen LogP contribution >= 0.6 is 11.6 Å². The molecule has 0 unspecified atom stereocenters. The highest BCUT2D eigenvalue weighted by molar-refractivity contribution is 6.33. The van der Waals surface area contributed by atoms with Gasteiger partial charge in [-0.05, 0) is 63.1 Å². The average Bonchev–Trinajstić information content (AvgIpc) is 2.65. The second kappa shape index (κ2) is 8.29. The Hall–Kier alpha value is -2.79. The number of phenols is 1. The van der Waals surface area contributed by atoms with E-state index in [1.165, 1.54) is 17.7 Å². The van der Waals surface area contributed by atoms with Gasteiger partial charge >= 0.3 is 0 Å². The minimum atomic E-state index is -0.404. The van der Waals surface area contributed by atoms with Crippen molar-refractivity contribution < 1.29 is 9.90 Å². The summed E-state index contributed by atoms with van der Waals surface area (Å²) in [4.78, 5) is 14.5. The maximum Gasteiger partial charge on any atom is 0.271 e. The molecule has 6 heteroatoms. The van der Waals surface area contributed by atoms with Gasteiger partial charge in [0.15, 0.2) is 0 Å². The van der Waals surface area contributed by atoms with E-state index in [0.29, 0.717) is 10.6 Å². The van der Waals surface area contributed by atoms with E-state index in [4.69, 9.17) is 11.6 Å². The molecular weight excluding hydrogens is 386 g/mol. The standard InChI is InChI=1S/C23H26ClN3O2/c1-5-9-27-21-12-20(24)17(11-19(21)15(2)13-23(27,3)4)14-25-26-22(29)16-7-6-8-18(28)10-16/h6-8,10-14,28H,5,9H2,1-4H3,(H,26,29)/b25-14+. The maximum atomic E-state index is 12.2. The van der Waals surface area contributed by atoms with E-state index in [-0.39, 0.29) is 11.3 Å². The third-order valence-corrected chi connectivity index (χ3v) is 5.35. The number of anilines is 1. The third-order valence-electron chi connectivity index (χ3n) is 5.02. The van der Waals surface area contributed by atoms with Crippen LogP contribution in [-0.4, -0.2) is 29.3 Å². The van der Waals surface area contributed by atoms with Crippen LogP contribution in [-0.2, 0) is 0 Å². The Morgan fingerprint density at radius 3 is 2.76 bits per heavy atom. The molecule has 0 fully saturated rings. The lowest BCUT2D eigenvalue weighted by Crippen LogP contribution is -2.45. The summed E-state index contributed by atoms with van der Waals surface area (Å²) in [5, 5.41) is 14.1. The van der Waals surface area contributed by atoms with Gasteiger partial charge in [0.2, 0.25) is 0 Å². The molecular formula is C23H26ClN3O2. The zero-order chi connectivity index (χ0) is 21.2. The van der Waals surface area contributed by atoms with Crippen LogP contribution in [0.5, 0.6) is 5.75 Å². The molecule has 0 saturated heterocycles. The zero-order valence-electron chi connectivity index (χ0n) is 17.2. The molecule has 0 atom stereocenters. The Bertz CT molecular complexity index is 996. The SMILES string of the molecule is CCCN1c2cc(Cl)c(/C=N/NC(=O)c3cccc(O)c3)cc2C(C)=CC1(C)C. The fraction of sp³-hybridized carbons (Fsp3) is 0.304. The molecule has 5 nitrogen and oxygen atoms in total. The van der Waals surface area contributed by atoms with Crippen LogP contribution in [0.15, 0.2) is 47.6 Å². The highest BCUT2D eigenvalue weighted by Gasteiger charge is 2.31. The summed E-state index contributed by atoms with van der Waals surface area (Å²) in [6.07, 6.45) is 4.85. The highest BCUT2D eigenvalue weighted by atomic mass is 35.5. The van der Waals surface area contributed by atoms with Gasteiger partial charge in [0, 0.05) is 28.9 Å². The quantitative estimate of drug-likeness (QED) is 0.523. The molecule has 0 bridgehead atoms. The number of hydrogen-bond acceptors (Lipinski definition) is 4. The largest absolute Gasteiger partial charge is 0.508 e. The molecule has 2 aromatic carbocycles. The van der Waals surface area contributed by atoms with Crippen LogP contribution in [0.2, 0.25) is 5.02 Å². The van der Waals surface area contributed by atoms with Gasteiger partial charge in [-0.1, -0.05) is 30.7 Å². The Balaban J connectivity index is 1.86. The van der Waals surface area contributed by atoms with Crippen LogP contribution in [0, 0.1) is 0 Å². The number of allylic oxidation sites excluding steroid dienone is 1. The van der Waals surface area contributed by atoms with Crippen molar-refractivity contribution in [2.24, 2.45) is 5.10 Å². The van der Waals surface area contributed by atoms with Gasteiger partial charge in [-0.15, -0.1) is 0 Å². The minimum absolute atomic E-state index is 0.0289.